The maximum atomic E-state index is 12.4. The van der Waals surface area contributed by atoms with Crippen molar-refractivity contribution in [1.29, 1.82) is 0 Å². The predicted octanol–water partition coefficient (Wildman–Crippen LogP) is 3.91. The summed E-state index contributed by atoms with van der Waals surface area (Å²) in [5.41, 5.74) is 0.887. The smallest absolute Gasteiger partial charge is 0.344 e. The van der Waals surface area contributed by atoms with Crippen LogP contribution in [0, 0.1) is 11.8 Å². The molecule has 0 aliphatic carbocycles. The number of ketones is 1. The molecule has 0 spiro atoms. The van der Waals surface area contributed by atoms with Crippen LogP contribution in [-0.2, 0) is 25.1 Å². The Hall–Kier alpha value is -1.01. The number of hydrogen-bond acceptors (Lipinski definition) is 4. The van der Waals surface area contributed by atoms with E-state index in [4.69, 9.17) is 4.52 Å². The van der Waals surface area contributed by atoms with Crippen LogP contribution >= 0.6 is 23.5 Å². The van der Waals surface area contributed by atoms with Crippen molar-refractivity contribution >= 4 is 35.2 Å². The number of carbonyl (C=O) groups is 2. The molecule has 146 valence electrons. The summed E-state index contributed by atoms with van der Waals surface area (Å²) in [5.74, 6) is -0.736. The lowest BCUT2D eigenvalue weighted by atomic mass is 9.90. The summed E-state index contributed by atoms with van der Waals surface area (Å²) in [5, 5.41) is 2.45. The number of halogens is 1. The molecule has 1 rings (SSSR count). The van der Waals surface area contributed by atoms with Gasteiger partial charge >= 0.3 is 7.60 Å². The Kier molecular flexibility index (Phi) is 9.72. The summed E-state index contributed by atoms with van der Waals surface area (Å²) >= 11 is 3.35. The maximum absolute atomic E-state index is 12.4. The Morgan fingerprint density at radius 1 is 1.27 bits per heavy atom. The van der Waals surface area contributed by atoms with Crippen molar-refractivity contribution in [2.24, 2.45) is 11.8 Å². The first-order valence-electron chi connectivity index (χ1n) is 8.63. The van der Waals surface area contributed by atoms with E-state index in [0.29, 0.717) is 6.42 Å². The molecule has 0 saturated heterocycles. The van der Waals surface area contributed by atoms with Crippen LogP contribution in [0.5, 0.6) is 0 Å². The van der Waals surface area contributed by atoms with E-state index in [1.165, 1.54) is 0 Å². The van der Waals surface area contributed by atoms with Gasteiger partial charge in [0, 0.05) is 23.2 Å². The van der Waals surface area contributed by atoms with Gasteiger partial charge in [0.1, 0.15) is 12.1 Å². The summed E-state index contributed by atoms with van der Waals surface area (Å²) in [6, 6.07) is 7.47. The first-order chi connectivity index (χ1) is 12.1. The summed E-state index contributed by atoms with van der Waals surface area (Å²) in [4.78, 5) is 34.4. The highest BCUT2D eigenvalue weighted by Gasteiger charge is 2.26. The zero-order chi connectivity index (χ0) is 19.7. The number of Topliss-reactive ketones (excluding diaryl/α,β-unsaturated/α-hetero) is 1. The van der Waals surface area contributed by atoms with Crippen LogP contribution in [-0.4, -0.2) is 29.5 Å². The largest absolute Gasteiger partial charge is 0.347 e. The van der Waals surface area contributed by atoms with E-state index < -0.39 is 25.7 Å². The highest BCUT2D eigenvalue weighted by atomic mass is 79.9. The van der Waals surface area contributed by atoms with Crippen molar-refractivity contribution in [3.8, 4) is 0 Å². The third-order valence-corrected chi connectivity index (χ3v) is 5.45. The topological polar surface area (TPSA) is 92.7 Å². The van der Waals surface area contributed by atoms with Crippen molar-refractivity contribution in [2.45, 2.75) is 40.0 Å². The van der Waals surface area contributed by atoms with Gasteiger partial charge in [-0.05, 0) is 37.0 Å². The van der Waals surface area contributed by atoms with Gasteiger partial charge < -0.3 is 14.7 Å². The minimum atomic E-state index is -3.84. The Morgan fingerprint density at radius 2 is 1.88 bits per heavy atom. The molecule has 0 saturated carbocycles. The predicted molar refractivity (Wildman–Crippen MR) is 105 cm³/mol. The number of rotatable bonds is 11. The van der Waals surface area contributed by atoms with Gasteiger partial charge in [-0.2, -0.15) is 0 Å². The van der Waals surface area contributed by atoms with Crippen LogP contribution in [0.3, 0.4) is 0 Å². The van der Waals surface area contributed by atoms with E-state index in [-0.39, 0.29) is 31.1 Å². The number of benzene rings is 1. The quantitative estimate of drug-likeness (QED) is 0.501. The second-order valence-electron chi connectivity index (χ2n) is 6.63. The van der Waals surface area contributed by atoms with Crippen molar-refractivity contribution in [2.75, 3.05) is 12.9 Å². The van der Waals surface area contributed by atoms with Gasteiger partial charge in [0.2, 0.25) is 5.91 Å². The van der Waals surface area contributed by atoms with Crippen LogP contribution in [0.15, 0.2) is 28.7 Å². The van der Waals surface area contributed by atoms with E-state index in [9.17, 15) is 19.0 Å². The molecule has 0 fully saturated rings. The average molecular weight is 448 g/mol. The number of amides is 1. The fourth-order valence-corrected chi connectivity index (χ4v) is 3.71. The van der Waals surface area contributed by atoms with Gasteiger partial charge in [0.15, 0.2) is 0 Å². The van der Waals surface area contributed by atoms with Crippen molar-refractivity contribution in [3.05, 3.63) is 34.3 Å². The molecule has 0 aliphatic rings. The minimum Gasteiger partial charge on any atom is -0.344 e. The van der Waals surface area contributed by atoms with E-state index >= 15 is 0 Å². The molecule has 0 aliphatic heterocycles. The highest BCUT2D eigenvalue weighted by molar-refractivity contribution is 9.10. The summed E-state index contributed by atoms with van der Waals surface area (Å²) in [7, 11) is -3.84. The molecule has 1 aromatic rings. The maximum Gasteiger partial charge on any atom is 0.347 e. The van der Waals surface area contributed by atoms with E-state index in [2.05, 4.69) is 21.2 Å². The van der Waals surface area contributed by atoms with Crippen molar-refractivity contribution in [1.82, 2.24) is 5.32 Å². The van der Waals surface area contributed by atoms with Crippen LogP contribution in [0.25, 0.3) is 0 Å². The first-order valence-corrected chi connectivity index (χ1v) is 11.2. The molecule has 1 unspecified atom stereocenters. The van der Waals surface area contributed by atoms with Gasteiger partial charge in [-0.15, -0.1) is 0 Å². The molecule has 26 heavy (non-hydrogen) atoms. The average Bonchev–Trinajstić information content (AvgIpc) is 2.54. The Balaban J connectivity index is 2.67. The molecule has 8 heteroatoms. The van der Waals surface area contributed by atoms with Gasteiger partial charge in [0.05, 0.1) is 6.61 Å². The molecular formula is C18H27BrNO5P. The lowest BCUT2D eigenvalue weighted by Crippen LogP contribution is -2.34. The van der Waals surface area contributed by atoms with Gasteiger partial charge in [-0.1, -0.05) is 41.9 Å². The molecule has 1 amide bonds. The Bertz CT molecular complexity index is 647. The summed E-state index contributed by atoms with van der Waals surface area (Å²) in [6.07, 6.45) is 0.439. The third-order valence-electron chi connectivity index (χ3n) is 3.70. The highest BCUT2D eigenvalue weighted by Crippen LogP contribution is 2.40. The molecule has 1 aromatic carbocycles. The van der Waals surface area contributed by atoms with E-state index in [1.807, 2.05) is 38.1 Å². The minimum absolute atomic E-state index is 0.0369. The van der Waals surface area contributed by atoms with Crippen LogP contribution in [0.4, 0.5) is 0 Å². The van der Waals surface area contributed by atoms with Gasteiger partial charge in [-0.25, -0.2) is 0 Å². The second kappa shape index (κ2) is 11.0. The van der Waals surface area contributed by atoms with Crippen LogP contribution < -0.4 is 5.32 Å². The second-order valence-corrected chi connectivity index (χ2v) is 9.39. The fraction of sp³-hybridized carbons (Fsp3) is 0.556. The molecule has 0 heterocycles. The summed E-state index contributed by atoms with van der Waals surface area (Å²) < 4.78 is 17.4. The van der Waals surface area contributed by atoms with Crippen LogP contribution in [0.1, 0.15) is 39.2 Å². The Morgan fingerprint density at radius 3 is 2.42 bits per heavy atom. The zero-order valence-electron chi connectivity index (χ0n) is 15.4. The molecule has 2 N–H and O–H groups in total. The Labute approximate surface area is 163 Å². The third kappa shape index (κ3) is 9.08. The van der Waals surface area contributed by atoms with Crippen LogP contribution in [0.2, 0.25) is 0 Å². The lowest BCUT2D eigenvalue weighted by Gasteiger charge is -2.19. The van der Waals surface area contributed by atoms with Crippen molar-refractivity contribution in [3.63, 3.8) is 0 Å². The molecule has 0 aromatic heterocycles. The van der Waals surface area contributed by atoms with E-state index in [0.717, 1.165) is 10.0 Å². The summed E-state index contributed by atoms with van der Waals surface area (Å²) in [6.45, 7) is 5.63. The van der Waals surface area contributed by atoms with Crippen molar-refractivity contribution < 1.29 is 23.6 Å². The first kappa shape index (κ1) is 23.0. The van der Waals surface area contributed by atoms with Gasteiger partial charge in [0.25, 0.3) is 0 Å². The lowest BCUT2D eigenvalue weighted by molar-refractivity contribution is -0.129. The molecule has 6 nitrogen and oxygen atoms in total. The molecule has 0 bridgehead atoms. The van der Waals surface area contributed by atoms with Gasteiger partial charge in [-0.3, -0.25) is 14.2 Å². The SMILES string of the molecule is CCOP(=O)(O)CNC(=O)[C@@H](CC(=O)Cc1ccc(Br)cc1)CC(C)C. The molecular weight excluding hydrogens is 421 g/mol. The number of carbonyl (C=O) groups excluding carboxylic acids is 2. The number of hydrogen-bond donors (Lipinski definition) is 2. The number of nitrogens with one attached hydrogen (secondary N) is 1. The fourth-order valence-electron chi connectivity index (χ4n) is 2.60. The normalized spacial score (nSPS) is 14.7. The zero-order valence-corrected chi connectivity index (χ0v) is 17.9. The molecule has 2 atom stereocenters. The van der Waals surface area contributed by atoms with E-state index in [1.54, 1.807) is 6.92 Å². The monoisotopic (exact) mass is 447 g/mol. The standard InChI is InChI=1S/C18H27BrNO5P/c1-4-25-26(23,24)12-20-18(22)15(9-13(2)3)11-17(21)10-14-5-7-16(19)8-6-14/h5-8,13,15H,4,9-12H2,1-3H3,(H,20,22)(H,23,24)/t15-/m1/s1. The molecule has 0 radical (unpaired) electrons.